The maximum Gasteiger partial charge on any atom is 0.331 e. The number of aliphatic hydroxyl groups excluding tert-OH is 8. The zero-order valence-corrected chi connectivity index (χ0v) is 37.0. The van der Waals surface area contributed by atoms with Crippen LogP contribution in [0.4, 0.5) is 0 Å². The van der Waals surface area contributed by atoms with Gasteiger partial charge in [0.2, 0.25) is 0 Å². The van der Waals surface area contributed by atoms with Gasteiger partial charge >= 0.3 is 11.9 Å². The number of rotatable bonds is 11. The van der Waals surface area contributed by atoms with E-state index in [2.05, 4.69) is 13.8 Å². The predicted molar refractivity (Wildman–Crippen MR) is 214 cm³/mol. The Bertz CT molecular complexity index is 1720. The molecular weight excluding hydrogens is 848 g/mol. The lowest BCUT2D eigenvalue weighted by atomic mass is 9.43. The molecular formula is C44H68O20. The quantitative estimate of drug-likeness (QED) is 0.0825. The van der Waals surface area contributed by atoms with Crippen molar-refractivity contribution in [3.8, 4) is 0 Å². The lowest BCUT2D eigenvalue weighted by Gasteiger charge is -2.63. The molecule has 9 N–H and O–H groups in total. The van der Waals surface area contributed by atoms with Crippen LogP contribution in [0.25, 0.3) is 0 Å². The lowest BCUT2D eigenvalue weighted by molar-refractivity contribution is -0.367. The van der Waals surface area contributed by atoms with Crippen molar-refractivity contribution >= 4 is 11.9 Å². The van der Waals surface area contributed by atoms with Crippen LogP contribution in [-0.4, -0.2) is 195 Å². The Kier molecular flexibility index (Phi) is 14.0. The maximum absolute atomic E-state index is 12.9. The molecule has 364 valence electrons. The van der Waals surface area contributed by atoms with Crippen molar-refractivity contribution in [3.05, 3.63) is 11.6 Å². The Morgan fingerprint density at radius 1 is 0.797 bits per heavy atom. The van der Waals surface area contributed by atoms with E-state index in [0.717, 1.165) is 31.3 Å². The van der Waals surface area contributed by atoms with Gasteiger partial charge in [0.25, 0.3) is 0 Å². The van der Waals surface area contributed by atoms with E-state index in [9.17, 15) is 55.5 Å². The minimum absolute atomic E-state index is 0.0447. The SMILES string of the molecule is CO[C@H]1[C@@H](O)[C@H](O[C@H]2CC[C@@]3(C)[C@H](CC[C@@H]4[C@@H]3CC[C@]3(C)[C@@H](C5=CC(=O)OC5)[C@@H](OC(C)=O)C[C@]43O)C2)O[C@@H](C)[C@@H]1O[C@@H]1O[C@H](CO[C@@H]2O[C@H](CO)[C@@H](O)[C@H](O)[C@H]2O)[C@@H](O)[C@H](O)[C@H]1O. The molecule has 0 radical (unpaired) electrons. The van der Waals surface area contributed by atoms with E-state index in [4.69, 9.17) is 42.6 Å². The van der Waals surface area contributed by atoms with Crippen LogP contribution in [0.2, 0.25) is 0 Å². The molecule has 20 heteroatoms. The average molecular weight is 917 g/mol. The van der Waals surface area contributed by atoms with Crippen LogP contribution in [0.1, 0.15) is 79.1 Å². The number of methoxy groups -OCH3 is 1. The topological polar surface area (TPSA) is 299 Å². The number of hydrogen-bond acceptors (Lipinski definition) is 20. The second-order valence-electron chi connectivity index (χ2n) is 20.1. The number of hydrogen-bond donors (Lipinski definition) is 9. The molecule has 4 saturated carbocycles. The third kappa shape index (κ3) is 8.27. The lowest BCUT2D eigenvalue weighted by Crippen LogP contribution is -2.65. The number of ether oxygens (including phenoxy) is 9. The normalized spacial score (nSPS) is 52.8. The average Bonchev–Trinajstić information content (AvgIpc) is 3.77. The van der Waals surface area contributed by atoms with Gasteiger partial charge in [-0.1, -0.05) is 13.8 Å². The van der Waals surface area contributed by atoms with Crippen molar-refractivity contribution in [3.63, 3.8) is 0 Å². The van der Waals surface area contributed by atoms with Gasteiger partial charge < -0.3 is 88.6 Å². The van der Waals surface area contributed by atoms with Crippen molar-refractivity contribution in [1.82, 2.24) is 0 Å². The van der Waals surface area contributed by atoms with Crippen molar-refractivity contribution in [2.24, 2.45) is 34.5 Å². The summed E-state index contributed by atoms with van der Waals surface area (Å²) in [6.07, 6.45) is -15.2. The first-order valence-electron chi connectivity index (χ1n) is 22.8. The fraction of sp³-hybridized carbons (Fsp3) is 0.909. The van der Waals surface area contributed by atoms with Gasteiger partial charge in [-0.25, -0.2) is 4.79 Å². The Balaban J connectivity index is 0.891. The first kappa shape index (κ1) is 48.5. The van der Waals surface area contributed by atoms with Crippen LogP contribution in [0, 0.1) is 34.5 Å². The van der Waals surface area contributed by atoms with Crippen molar-refractivity contribution < 1.29 is 98.2 Å². The number of aliphatic hydroxyl groups is 9. The zero-order valence-electron chi connectivity index (χ0n) is 37.0. The molecule has 24 atom stereocenters. The maximum atomic E-state index is 12.9. The van der Waals surface area contributed by atoms with Crippen LogP contribution >= 0.6 is 0 Å². The van der Waals surface area contributed by atoms with Crippen molar-refractivity contribution in [2.75, 3.05) is 26.9 Å². The van der Waals surface area contributed by atoms with Crippen LogP contribution in [0.15, 0.2) is 11.6 Å². The van der Waals surface area contributed by atoms with Crippen LogP contribution < -0.4 is 0 Å². The zero-order chi connectivity index (χ0) is 46.2. The van der Waals surface area contributed by atoms with Gasteiger partial charge in [0.1, 0.15) is 79.9 Å². The summed E-state index contributed by atoms with van der Waals surface area (Å²) in [7, 11) is 1.37. The molecule has 0 bridgehead atoms. The van der Waals surface area contributed by atoms with E-state index >= 15 is 0 Å². The van der Waals surface area contributed by atoms with Crippen LogP contribution in [-0.2, 0) is 52.2 Å². The molecule has 8 rings (SSSR count). The molecule has 0 aromatic heterocycles. The highest BCUT2D eigenvalue weighted by Crippen LogP contribution is 2.70. The third-order valence-electron chi connectivity index (χ3n) is 16.8. The van der Waals surface area contributed by atoms with E-state index < -0.39 is 134 Å². The second-order valence-corrected chi connectivity index (χ2v) is 20.1. The van der Waals surface area contributed by atoms with Crippen LogP contribution in [0.3, 0.4) is 0 Å². The molecule has 4 aliphatic carbocycles. The van der Waals surface area contributed by atoms with E-state index in [1.54, 1.807) is 6.92 Å². The predicted octanol–water partition coefficient (Wildman–Crippen LogP) is -1.70. The van der Waals surface area contributed by atoms with E-state index in [0.29, 0.717) is 25.7 Å². The smallest absolute Gasteiger partial charge is 0.331 e. The standard InChI is InChI=1S/C44H68O20/c1-18-37(64-40-35(53)33(51)31(49)27(63-40)17-58-39-34(52)32(50)30(48)26(15-45)62-39)38(56-5)36(54)41(59-18)61-22-8-10-42(3)21(13-22)6-7-24-23(42)9-11-43(4)29(20-12-28(47)57-16-20)25(60-19(2)46)14-44(24,43)55/h12,18,21-27,29-41,45,48-55H,6-11,13-17H2,1-5H3/t18-,21+,22-,23-,24+,25-,26+,27+,29-,30+,31+,32-,33-,34+,35+,36+,37-,38-,39+,40-,41-,42-,43+,44-/m0/s1. The fourth-order valence-corrected chi connectivity index (χ4v) is 13.3. The molecule has 3 saturated heterocycles. The first-order chi connectivity index (χ1) is 30.3. The molecule has 7 fully saturated rings. The first-order valence-corrected chi connectivity index (χ1v) is 22.8. The molecule has 4 aliphatic heterocycles. The second kappa shape index (κ2) is 18.5. The summed E-state index contributed by atoms with van der Waals surface area (Å²) in [5, 5.41) is 97.1. The molecule has 8 aliphatic rings. The van der Waals surface area contributed by atoms with Gasteiger partial charge in [-0.3, -0.25) is 4.79 Å². The number of cyclic esters (lactones) is 1. The summed E-state index contributed by atoms with van der Waals surface area (Å²) < 4.78 is 52.5. The Hall–Kier alpha value is -1.96. The molecule has 0 aromatic rings. The number of fused-ring (bicyclic) bond motifs is 5. The Morgan fingerprint density at radius 3 is 2.12 bits per heavy atom. The molecule has 0 aromatic carbocycles. The van der Waals surface area contributed by atoms with Gasteiger partial charge in [-0.2, -0.15) is 0 Å². The molecule has 64 heavy (non-hydrogen) atoms. The summed E-state index contributed by atoms with van der Waals surface area (Å²) in [5.41, 5.74) is -1.11. The Morgan fingerprint density at radius 2 is 1.47 bits per heavy atom. The summed E-state index contributed by atoms with van der Waals surface area (Å²) in [5.74, 6) is -0.779. The summed E-state index contributed by atoms with van der Waals surface area (Å²) in [4.78, 5) is 24.5. The third-order valence-corrected chi connectivity index (χ3v) is 16.8. The number of carbonyl (C=O) groups is 2. The number of esters is 2. The molecule has 0 unspecified atom stereocenters. The van der Waals surface area contributed by atoms with Crippen molar-refractivity contribution in [2.45, 2.75) is 189 Å². The minimum atomic E-state index is -1.79. The molecule has 4 heterocycles. The van der Waals surface area contributed by atoms with E-state index in [-0.39, 0.29) is 41.8 Å². The van der Waals surface area contributed by atoms with Gasteiger partial charge in [-0.05, 0) is 80.6 Å². The summed E-state index contributed by atoms with van der Waals surface area (Å²) >= 11 is 0. The van der Waals surface area contributed by atoms with E-state index in [1.165, 1.54) is 20.1 Å². The molecule has 0 amide bonds. The van der Waals surface area contributed by atoms with E-state index in [1.807, 2.05) is 0 Å². The molecule has 20 nitrogen and oxygen atoms in total. The van der Waals surface area contributed by atoms with Gasteiger partial charge in [-0.15, -0.1) is 0 Å². The van der Waals surface area contributed by atoms with Gasteiger partial charge in [0, 0.05) is 37.9 Å². The fourth-order valence-electron chi connectivity index (χ4n) is 13.3. The summed E-state index contributed by atoms with van der Waals surface area (Å²) in [6, 6.07) is 0. The van der Waals surface area contributed by atoms with Gasteiger partial charge in [0.15, 0.2) is 18.9 Å². The monoisotopic (exact) mass is 916 g/mol. The highest BCUT2D eigenvalue weighted by Gasteiger charge is 2.71. The van der Waals surface area contributed by atoms with Crippen LogP contribution in [0.5, 0.6) is 0 Å². The highest BCUT2D eigenvalue weighted by atomic mass is 16.8. The van der Waals surface area contributed by atoms with Gasteiger partial charge in [0.05, 0.1) is 31.0 Å². The largest absolute Gasteiger partial charge is 0.462 e. The summed E-state index contributed by atoms with van der Waals surface area (Å²) in [6.45, 7) is 6.34. The minimum Gasteiger partial charge on any atom is -0.462 e. The van der Waals surface area contributed by atoms with Crippen molar-refractivity contribution in [1.29, 1.82) is 0 Å². The Labute approximate surface area is 371 Å². The highest BCUT2D eigenvalue weighted by molar-refractivity contribution is 5.85. The molecule has 0 spiro atoms. The number of carbonyl (C=O) groups excluding carboxylic acids is 2.